The Morgan fingerprint density at radius 2 is 2.21 bits per heavy atom. The molecule has 2 N–H and O–H groups in total. The number of oxazole rings is 1. The number of amides is 1. The van der Waals surface area contributed by atoms with Gasteiger partial charge in [-0.1, -0.05) is 0 Å². The quantitative estimate of drug-likeness (QED) is 0.873. The average Bonchev–Trinajstić information content (AvgIpc) is 2.74. The van der Waals surface area contributed by atoms with E-state index in [4.69, 9.17) is 4.42 Å². The van der Waals surface area contributed by atoms with E-state index in [0.29, 0.717) is 29.6 Å². The van der Waals surface area contributed by atoms with Crippen LogP contribution in [0.15, 0.2) is 22.7 Å². The van der Waals surface area contributed by atoms with Crippen LogP contribution in [0.25, 0.3) is 0 Å². The first-order valence-corrected chi connectivity index (χ1v) is 5.95. The lowest BCUT2D eigenvalue weighted by atomic mass is 10.2. The standard InChI is InChI=1S/C13H16N4O2/c1-8-11(19-9(2)17-8)7-16-13(18)10-5-4-6-15-12(10)14-3/h4-6H,7H2,1-3H3,(H,14,15)(H,16,18). The highest BCUT2D eigenvalue weighted by atomic mass is 16.4. The number of aromatic nitrogens is 2. The number of hydrogen-bond donors (Lipinski definition) is 2. The molecule has 0 saturated carbocycles. The maximum Gasteiger partial charge on any atom is 0.255 e. The van der Waals surface area contributed by atoms with Gasteiger partial charge in [-0.25, -0.2) is 9.97 Å². The van der Waals surface area contributed by atoms with Gasteiger partial charge in [0.1, 0.15) is 11.6 Å². The molecule has 2 aromatic rings. The van der Waals surface area contributed by atoms with Crippen LogP contribution in [0, 0.1) is 13.8 Å². The Balaban J connectivity index is 2.07. The molecule has 0 fully saturated rings. The maximum atomic E-state index is 12.1. The molecule has 6 heteroatoms. The zero-order chi connectivity index (χ0) is 13.8. The Morgan fingerprint density at radius 3 is 2.84 bits per heavy atom. The Morgan fingerprint density at radius 1 is 1.42 bits per heavy atom. The third-order valence-corrected chi connectivity index (χ3v) is 2.70. The van der Waals surface area contributed by atoms with Gasteiger partial charge >= 0.3 is 0 Å². The molecule has 2 rings (SSSR count). The summed E-state index contributed by atoms with van der Waals surface area (Å²) in [5, 5.41) is 5.67. The summed E-state index contributed by atoms with van der Waals surface area (Å²) in [7, 11) is 1.73. The number of carbonyl (C=O) groups is 1. The van der Waals surface area contributed by atoms with Crippen LogP contribution < -0.4 is 10.6 Å². The van der Waals surface area contributed by atoms with E-state index < -0.39 is 0 Å². The molecular formula is C13H16N4O2. The van der Waals surface area contributed by atoms with E-state index in [0.717, 1.165) is 5.69 Å². The van der Waals surface area contributed by atoms with Crippen LogP contribution in [0.1, 0.15) is 27.7 Å². The zero-order valence-electron chi connectivity index (χ0n) is 11.2. The number of anilines is 1. The molecule has 0 saturated heterocycles. The van der Waals surface area contributed by atoms with Gasteiger partial charge in [0.2, 0.25) is 0 Å². The first kappa shape index (κ1) is 13.1. The van der Waals surface area contributed by atoms with Crippen LogP contribution in [-0.4, -0.2) is 22.9 Å². The molecule has 0 aromatic carbocycles. The second kappa shape index (κ2) is 5.51. The predicted molar refractivity (Wildman–Crippen MR) is 70.9 cm³/mol. The minimum Gasteiger partial charge on any atom is -0.444 e. The van der Waals surface area contributed by atoms with Gasteiger partial charge in [0.15, 0.2) is 5.89 Å². The maximum absolute atomic E-state index is 12.1. The summed E-state index contributed by atoms with van der Waals surface area (Å²) in [6.07, 6.45) is 1.63. The molecule has 100 valence electrons. The Bertz CT molecular complexity index is 592. The summed E-state index contributed by atoms with van der Waals surface area (Å²) in [5.74, 6) is 1.61. The van der Waals surface area contributed by atoms with Crippen LogP contribution in [0.5, 0.6) is 0 Å². The molecular weight excluding hydrogens is 244 g/mol. The van der Waals surface area contributed by atoms with Crippen LogP contribution in [0.4, 0.5) is 5.82 Å². The summed E-state index contributed by atoms with van der Waals surface area (Å²) in [6, 6.07) is 3.44. The normalized spacial score (nSPS) is 10.3. The first-order chi connectivity index (χ1) is 9.11. The van der Waals surface area contributed by atoms with Crippen molar-refractivity contribution in [3.8, 4) is 0 Å². The lowest BCUT2D eigenvalue weighted by Gasteiger charge is -2.07. The van der Waals surface area contributed by atoms with Crippen molar-refractivity contribution < 1.29 is 9.21 Å². The number of aryl methyl sites for hydroxylation is 2. The van der Waals surface area contributed by atoms with Gasteiger partial charge in [0.05, 0.1) is 17.8 Å². The molecule has 2 heterocycles. The summed E-state index contributed by atoms with van der Waals surface area (Å²) in [6.45, 7) is 3.93. The van der Waals surface area contributed by atoms with Crippen LogP contribution in [0.2, 0.25) is 0 Å². The third-order valence-electron chi connectivity index (χ3n) is 2.70. The van der Waals surface area contributed by atoms with Gasteiger partial charge in [-0.3, -0.25) is 4.79 Å². The summed E-state index contributed by atoms with van der Waals surface area (Å²) in [4.78, 5) is 20.3. The lowest BCUT2D eigenvalue weighted by Crippen LogP contribution is -2.24. The van der Waals surface area contributed by atoms with Crippen molar-refractivity contribution in [3.05, 3.63) is 41.2 Å². The van der Waals surface area contributed by atoms with Gasteiger partial charge in [-0.05, 0) is 19.1 Å². The van der Waals surface area contributed by atoms with E-state index in [2.05, 4.69) is 20.6 Å². The van der Waals surface area contributed by atoms with Gasteiger partial charge in [-0.15, -0.1) is 0 Å². The van der Waals surface area contributed by atoms with E-state index in [1.165, 1.54) is 0 Å². The molecule has 0 aliphatic carbocycles. The van der Waals surface area contributed by atoms with Crippen molar-refractivity contribution in [1.29, 1.82) is 0 Å². The van der Waals surface area contributed by atoms with Crippen molar-refractivity contribution in [2.24, 2.45) is 0 Å². The van der Waals surface area contributed by atoms with Crippen LogP contribution in [0.3, 0.4) is 0 Å². The summed E-state index contributed by atoms with van der Waals surface area (Å²) >= 11 is 0. The van der Waals surface area contributed by atoms with Crippen molar-refractivity contribution in [3.63, 3.8) is 0 Å². The SMILES string of the molecule is CNc1ncccc1C(=O)NCc1oc(C)nc1C. The first-order valence-electron chi connectivity index (χ1n) is 5.95. The lowest BCUT2D eigenvalue weighted by molar-refractivity contribution is 0.0948. The molecule has 2 aromatic heterocycles. The molecule has 0 atom stereocenters. The number of rotatable bonds is 4. The summed E-state index contributed by atoms with van der Waals surface area (Å²) < 4.78 is 5.40. The van der Waals surface area contributed by atoms with Gasteiger partial charge in [0, 0.05) is 20.2 Å². The smallest absolute Gasteiger partial charge is 0.255 e. The number of nitrogens with zero attached hydrogens (tertiary/aromatic N) is 2. The highest BCUT2D eigenvalue weighted by Gasteiger charge is 2.13. The third kappa shape index (κ3) is 2.90. The van der Waals surface area contributed by atoms with E-state index in [1.54, 1.807) is 32.3 Å². The van der Waals surface area contributed by atoms with Gasteiger partial charge in [0.25, 0.3) is 5.91 Å². The summed E-state index contributed by atoms with van der Waals surface area (Å²) in [5.41, 5.74) is 1.29. The highest BCUT2D eigenvalue weighted by molar-refractivity contribution is 5.98. The molecule has 0 unspecified atom stereocenters. The highest BCUT2D eigenvalue weighted by Crippen LogP contribution is 2.12. The average molecular weight is 260 g/mol. The van der Waals surface area contributed by atoms with Crippen LogP contribution in [-0.2, 0) is 6.54 Å². The molecule has 0 aliphatic rings. The Kier molecular flexibility index (Phi) is 3.79. The number of carbonyl (C=O) groups excluding carboxylic acids is 1. The van der Waals surface area contributed by atoms with E-state index in [1.807, 2.05) is 6.92 Å². The molecule has 0 bridgehead atoms. The fraction of sp³-hybridized carbons (Fsp3) is 0.308. The van der Waals surface area contributed by atoms with Crippen LogP contribution >= 0.6 is 0 Å². The monoisotopic (exact) mass is 260 g/mol. The van der Waals surface area contributed by atoms with Gasteiger partial charge < -0.3 is 15.1 Å². The molecule has 0 spiro atoms. The van der Waals surface area contributed by atoms with E-state index >= 15 is 0 Å². The largest absolute Gasteiger partial charge is 0.444 e. The molecule has 0 aliphatic heterocycles. The van der Waals surface area contributed by atoms with Crippen molar-refractivity contribution in [2.75, 3.05) is 12.4 Å². The topological polar surface area (TPSA) is 80.0 Å². The minimum absolute atomic E-state index is 0.203. The second-order valence-electron chi connectivity index (χ2n) is 4.07. The Labute approximate surface area is 111 Å². The fourth-order valence-corrected chi connectivity index (χ4v) is 1.78. The second-order valence-corrected chi connectivity index (χ2v) is 4.07. The molecule has 6 nitrogen and oxygen atoms in total. The van der Waals surface area contributed by atoms with Crippen molar-refractivity contribution >= 4 is 11.7 Å². The number of nitrogens with one attached hydrogen (secondary N) is 2. The Hall–Kier alpha value is -2.37. The zero-order valence-corrected chi connectivity index (χ0v) is 11.2. The fourth-order valence-electron chi connectivity index (χ4n) is 1.78. The van der Waals surface area contributed by atoms with E-state index in [9.17, 15) is 4.79 Å². The van der Waals surface area contributed by atoms with E-state index in [-0.39, 0.29) is 5.91 Å². The van der Waals surface area contributed by atoms with Crippen molar-refractivity contribution in [2.45, 2.75) is 20.4 Å². The number of pyridine rings is 1. The van der Waals surface area contributed by atoms with Crippen molar-refractivity contribution in [1.82, 2.24) is 15.3 Å². The molecule has 0 radical (unpaired) electrons. The van der Waals surface area contributed by atoms with Gasteiger partial charge in [-0.2, -0.15) is 0 Å². The predicted octanol–water partition coefficient (Wildman–Crippen LogP) is 1.66. The molecule has 1 amide bonds. The number of hydrogen-bond acceptors (Lipinski definition) is 5. The molecule has 19 heavy (non-hydrogen) atoms. The minimum atomic E-state index is -0.203.